The van der Waals surface area contributed by atoms with Crippen LogP contribution in [0.3, 0.4) is 0 Å². The first kappa shape index (κ1) is 19.6. The molecule has 0 bridgehead atoms. The number of carboxylic acid groups (broad SMARTS) is 1. The fourth-order valence-corrected chi connectivity index (χ4v) is 2.22. The van der Waals surface area contributed by atoms with E-state index >= 15 is 0 Å². The van der Waals surface area contributed by atoms with Crippen LogP contribution >= 0.6 is 0 Å². The Labute approximate surface area is 129 Å². The molecule has 120 valence electrons. The number of carboxylic acids is 1. The highest BCUT2D eigenvalue weighted by Crippen LogP contribution is 2.11. The van der Waals surface area contributed by atoms with E-state index in [1.165, 1.54) is 57.8 Å². The molecule has 0 saturated heterocycles. The lowest BCUT2D eigenvalue weighted by atomic mass is 10.1. The van der Waals surface area contributed by atoms with Gasteiger partial charge < -0.3 is 9.90 Å². The molecular weight excluding hydrogens is 264 g/mol. The molecule has 21 heavy (non-hydrogen) atoms. The Kier molecular flexibility index (Phi) is 15.6. The van der Waals surface area contributed by atoms with Gasteiger partial charge in [0.05, 0.1) is 0 Å². The Bertz CT molecular complexity index is 306. The predicted octanol–water partition coefficient (Wildman–Crippen LogP) is 5.06. The molecule has 0 aliphatic heterocycles. The molecule has 3 heteroatoms. The van der Waals surface area contributed by atoms with Crippen molar-refractivity contribution in [3.63, 3.8) is 0 Å². The Morgan fingerprint density at radius 2 is 1.19 bits per heavy atom. The summed E-state index contributed by atoms with van der Waals surface area (Å²) in [7, 11) is 0. The fraction of sp³-hybridized carbons (Fsp3) is 0.667. The number of aliphatic carboxylic acids is 1. The van der Waals surface area contributed by atoms with E-state index in [-0.39, 0.29) is 0 Å². The topological polar surface area (TPSA) is 54.4 Å². The zero-order valence-electron chi connectivity index (χ0n) is 13.1. The highest BCUT2D eigenvalue weighted by atomic mass is 16.4. The number of allylic oxidation sites excluding steroid dienone is 3. The second kappa shape index (κ2) is 16.7. The first-order valence-electron chi connectivity index (χ1n) is 8.27. The van der Waals surface area contributed by atoms with Crippen molar-refractivity contribution in [1.29, 1.82) is 0 Å². The van der Waals surface area contributed by atoms with E-state index in [0.717, 1.165) is 31.6 Å². The quantitative estimate of drug-likeness (QED) is 0.199. The van der Waals surface area contributed by atoms with E-state index in [2.05, 4.69) is 0 Å². The molecule has 0 radical (unpaired) electrons. The summed E-state index contributed by atoms with van der Waals surface area (Å²) in [5.74, 6) is -0.900. The molecule has 0 aromatic rings. The molecule has 0 unspecified atom stereocenters. The lowest BCUT2D eigenvalue weighted by molar-refractivity contribution is -0.131. The minimum absolute atomic E-state index is 0.723. The van der Waals surface area contributed by atoms with Gasteiger partial charge in [-0.1, -0.05) is 69.6 Å². The van der Waals surface area contributed by atoms with Gasteiger partial charge in [0.1, 0.15) is 6.29 Å². The summed E-state index contributed by atoms with van der Waals surface area (Å²) in [5.41, 5.74) is 0. The summed E-state index contributed by atoms with van der Waals surface area (Å²) in [6.45, 7) is 0. The van der Waals surface area contributed by atoms with Gasteiger partial charge in [-0.25, -0.2) is 4.79 Å². The lowest BCUT2D eigenvalue weighted by Gasteiger charge is -2.01. The molecule has 0 atom stereocenters. The molecule has 0 amide bonds. The van der Waals surface area contributed by atoms with E-state index in [0.29, 0.717) is 0 Å². The lowest BCUT2D eigenvalue weighted by Crippen LogP contribution is -1.84. The van der Waals surface area contributed by atoms with Crippen molar-refractivity contribution in [2.75, 3.05) is 0 Å². The summed E-state index contributed by atoms with van der Waals surface area (Å²) in [4.78, 5) is 20.3. The summed E-state index contributed by atoms with van der Waals surface area (Å²) >= 11 is 0. The van der Waals surface area contributed by atoms with E-state index < -0.39 is 5.97 Å². The smallest absolute Gasteiger partial charge is 0.328 e. The van der Waals surface area contributed by atoms with Crippen molar-refractivity contribution in [3.05, 3.63) is 24.3 Å². The van der Waals surface area contributed by atoms with Crippen molar-refractivity contribution in [2.24, 2.45) is 0 Å². The maximum atomic E-state index is 10.2. The summed E-state index contributed by atoms with van der Waals surface area (Å²) < 4.78 is 0. The second-order valence-electron chi connectivity index (χ2n) is 5.41. The number of unbranched alkanes of at least 4 members (excludes halogenated alkanes) is 11. The minimum Gasteiger partial charge on any atom is -0.478 e. The van der Waals surface area contributed by atoms with E-state index in [9.17, 15) is 9.59 Å². The van der Waals surface area contributed by atoms with Crippen LogP contribution in [-0.4, -0.2) is 17.4 Å². The largest absolute Gasteiger partial charge is 0.478 e. The van der Waals surface area contributed by atoms with Gasteiger partial charge in [-0.2, -0.15) is 0 Å². The predicted molar refractivity (Wildman–Crippen MR) is 87.4 cm³/mol. The summed E-state index contributed by atoms with van der Waals surface area (Å²) in [6, 6.07) is 0. The molecule has 0 fully saturated rings. The van der Waals surface area contributed by atoms with Crippen LogP contribution in [-0.2, 0) is 9.59 Å². The number of hydrogen-bond acceptors (Lipinski definition) is 2. The molecule has 3 nitrogen and oxygen atoms in total. The molecule has 0 spiro atoms. The number of hydrogen-bond donors (Lipinski definition) is 1. The van der Waals surface area contributed by atoms with E-state index in [1.807, 2.05) is 6.08 Å². The molecule has 0 rings (SSSR count). The van der Waals surface area contributed by atoms with Gasteiger partial charge in [-0.3, -0.25) is 0 Å². The maximum Gasteiger partial charge on any atom is 0.328 e. The average Bonchev–Trinajstić information content (AvgIpc) is 2.46. The monoisotopic (exact) mass is 294 g/mol. The summed E-state index contributed by atoms with van der Waals surface area (Å²) in [5, 5.41) is 8.39. The third-order valence-electron chi connectivity index (χ3n) is 3.43. The molecule has 0 aromatic heterocycles. The third kappa shape index (κ3) is 18.6. The van der Waals surface area contributed by atoms with Gasteiger partial charge in [-0.15, -0.1) is 0 Å². The average molecular weight is 294 g/mol. The van der Waals surface area contributed by atoms with Crippen LogP contribution in [0.25, 0.3) is 0 Å². The Hall–Kier alpha value is -1.38. The van der Waals surface area contributed by atoms with Crippen LogP contribution in [0.1, 0.15) is 77.0 Å². The van der Waals surface area contributed by atoms with Crippen molar-refractivity contribution in [1.82, 2.24) is 0 Å². The van der Waals surface area contributed by atoms with E-state index in [4.69, 9.17) is 5.11 Å². The molecule has 1 N–H and O–H groups in total. The van der Waals surface area contributed by atoms with Gasteiger partial charge in [0.15, 0.2) is 0 Å². The van der Waals surface area contributed by atoms with Crippen molar-refractivity contribution >= 4 is 12.3 Å². The Morgan fingerprint density at radius 3 is 1.67 bits per heavy atom. The van der Waals surface area contributed by atoms with Crippen LogP contribution in [0, 0.1) is 0 Å². The SMILES string of the molecule is O=CCCCCCCCCCCCCC=CC=CC(=O)O. The minimum atomic E-state index is -0.900. The summed E-state index contributed by atoms with van der Waals surface area (Å²) in [6.07, 6.45) is 21.8. The number of carbonyl (C=O) groups is 2. The third-order valence-corrected chi connectivity index (χ3v) is 3.43. The molecule has 0 heterocycles. The highest BCUT2D eigenvalue weighted by Gasteiger charge is 1.92. The van der Waals surface area contributed by atoms with Gasteiger partial charge >= 0.3 is 5.97 Å². The number of rotatable bonds is 15. The van der Waals surface area contributed by atoms with Gasteiger partial charge in [0.2, 0.25) is 0 Å². The van der Waals surface area contributed by atoms with Gasteiger partial charge in [0, 0.05) is 12.5 Å². The Morgan fingerprint density at radius 1 is 0.714 bits per heavy atom. The van der Waals surface area contributed by atoms with Crippen molar-refractivity contribution < 1.29 is 14.7 Å². The zero-order valence-corrected chi connectivity index (χ0v) is 13.1. The van der Waals surface area contributed by atoms with Gasteiger partial charge in [-0.05, 0) is 19.3 Å². The van der Waals surface area contributed by atoms with Crippen LogP contribution in [0.5, 0.6) is 0 Å². The molecule has 0 aliphatic carbocycles. The fourth-order valence-electron chi connectivity index (χ4n) is 2.22. The number of aldehydes is 1. The van der Waals surface area contributed by atoms with Gasteiger partial charge in [0.25, 0.3) is 0 Å². The normalized spacial score (nSPS) is 11.4. The Balaban J connectivity index is 3.12. The molecule has 0 saturated carbocycles. The van der Waals surface area contributed by atoms with Crippen molar-refractivity contribution in [2.45, 2.75) is 77.0 Å². The van der Waals surface area contributed by atoms with Crippen molar-refractivity contribution in [3.8, 4) is 0 Å². The van der Waals surface area contributed by atoms with Crippen LogP contribution in [0.2, 0.25) is 0 Å². The first-order chi connectivity index (χ1) is 10.3. The van der Waals surface area contributed by atoms with Crippen LogP contribution in [0.4, 0.5) is 0 Å². The highest BCUT2D eigenvalue weighted by molar-refractivity contribution is 5.80. The molecule has 0 aromatic carbocycles. The van der Waals surface area contributed by atoms with Crippen LogP contribution < -0.4 is 0 Å². The first-order valence-corrected chi connectivity index (χ1v) is 8.27. The number of carbonyl (C=O) groups excluding carboxylic acids is 1. The molecule has 0 aliphatic rings. The standard InChI is InChI=1S/C18H30O3/c19-17-15-13-11-9-7-5-3-1-2-4-6-8-10-12-14-16-18(20)21/h10,12,14,16-17H,1-9,11,13,15H2,(H,20,21). The zero-order chi connectivity index (χ0) is 15.6. The van der Waals surface area contributed by atoms with Crippen LogP contribution in [0.15, 0.2) is 24.3 Å². The molecular formula is C18H30O3. The second-order valence-corrected chi connectivity index (χ2v) is 5.41. The van der Waals surface area contributed by atoms with E-state index in [1.54, 1.807) is 12.2 Å². The maximum absolute atomic E-state index is 10.2.